The van der Waals surface area contributed by atoms with E-state index >= 15 is 0 Å². The van der Waals surface area contributed by atoms with Crippen molar-refractivity contribution in [1.29, 1.82) is 0 Å². The summed E-state index contributed by atoms with van der Waals surface area (Å²) in [5.41, 5.74) is 6.37. The third kappa shape index (κ3) is 2.27. The minimum Gasteiger partial charge on any atom is -0.397 e. The van der Waals surface area contributed by atoms with Gasteiger partial charge in [-0.2, -0.15) is 0 Å². The molecule has 1 amide bonds. The monoisotopic (exact) mass is 177 g/mol. The van der Waals surface area contributed by atoms with Gasteiger partial charge >= 0.3 is 0 Å². The number of H-pyrrole nitrogens is 1. The Balaban J connectivity index is 2.65. The molecule has 1 heterocycles. The summed E-state index contributed by atoms with van der Waals surface area (Å²) in [5.74, 6) is 2.15. The van der Waals surface area contributed by atoms with E-state index in [0.717, 1.165) is 0 Å². The maximum absolute atomic E-state index is 11.3. The van der Waals surface area contributed by atoms with Crippen LogP contribution in [0.15, 0.2) is 12.3 Å². The van der Waals surface area contributed by atoms with E-state index in [4.69, 9.17) is 12.2 Å². The summed E-state index contributed by atoms with van der Waals surface area (Å²) in [6, 6.07) is 1.27. The zero-order valence-electron chi connectivity index (χ0n) is 7.29. The summed E-state index contributed by atoms with van der Waals surface area (Å²) in [4.78, 5) is 14.1. The van der Waals surface area contributed by atoms with Gasteiger partial charge in [0, 0.05) is 11.9 Å². The number of aromatic amines is 1. The van der Waals surface area contributed by atoms with Gasteiger partial charge in [0.2, 0.25) is 0 Å². The average molecular weight is 177 g/mol. The molecule has 0 fully saturated rings. The number of rotatable bonds is 2. The molecule has 1 aromatic rings. The summed E-state index contributed by atoms with van der Waals surface area (Å²) in [5, 5.41) is 2.60. The van der Waals surface area contributed by atoms with Crippen molar-refractivity contribution in [2.45, 2.75) is 13.0 Å². The number of amides is 1. The average Bonchev–Trinajstić information content (AvgIpc) is 2.51. The van der Waals surface area contributed by atoms with E-state index < -0.39 is 0 Å². The molecule has 0 bridgehead atoms. The van der Waals surface area contributed by atoms with E-state index in [0.29, 0.717) is 11.4 Å². The van der Waals surface area contributed by atoms with E-state index in [1.54, 1.807) is 19.2 Å². The number of anilines is 1. The van der Waals surface area contributed by atoms with Crippen molar-refractivity contribution in [3.05, 3.63) is 18.0 Å². The first-order valence-corrected chi connectivity index (χ1v) is 3.84. The lowest BCUT2D eigenvalue weighted by Gasteiger charge is -2.05. The summed E-state index contributed by atoms with van der Waals surface area (Å²) in [6.45, 7) is 1.73. The number of nitrogens with two attached hydrogens (primary N) is 1. The molecule has 4 nitrogen and oxygen atoms in total. The van der Waals surface area contributed by atoms with E-state index in [9.17, 15) is 4.79 Å². The molecule has 0 aromatic carbocycles. The third-order valence-electron chi connectivity index (χ3n) is 1.55. The summed E-state index contributed by atoms with van der Waals surface area (Å²) in [7, 11) is 0. The van der Waals surface area contributed by atoms with E-state index in [1.165, 1.54) is 0 Å². The molecule has 1 aromatic heterocycles. The number of terminal acetylenes is 1. The van der Waals surface area contributed by atoms with Crippen LogP contribution in [0.5, 0.6) is 0 Å². The fourth-order valence-corrected chi connectivity index (χ4v) is 0.858. The highest BCUT2D eigenvalue weighted by molar-refractivity contribution is 5.93. The summed E-state index contributed by atoms with van der Waals surface area (Å²) < 4.78 is 0. The van der Waals surface area contributed by atoms with E-state index in [2.05, 4.69) is 16.2 Å². The van der Waals surface area contributed by atoms with Crippen LogP contribution in [0.1, 0.15) is 17.4 Å². The van der Waals surface area contributed by atoms with Crippen LogP contribution in [0.25, 0.3) is 0 Å². The zero-order chi connectivity index (χ0) is 9.84. The maximum atomic E-state index is 11.3. The van der Waals surface area contributed by atoms with Gasteiger partial charge in [0.1, 0.15) is 5.69 Å². The van der Waals surface area contributed by atoms with Gasteiger partial charge in [0.25, 0.3) is 5.91 Å². The first-order valence-electron chi connectivity index (χ1n) is 3.84. The lowest BCUT2D eigenvalue weighted by atomic mass is 10.3. The molecule has 1 atom stereocenters. The van der Waals surface area contributed by atoms with Crippen LogP contribution in [0.2, 0.25) is 0 Å². The van der Waals surface area contributed by atoms with Crippen LogP contribution < -0.4 is 11.1 Å². The van der Waals surface area contributed by atoms with Gasteiger partial charge in [0.05, 0.1) is 6.04 Å². The molecule has 1 unspecified atom stereocenters. The Bertz CT molecular complexity index is 348. The van der Waals surface area contributed by atoms with Crippen molar-refractivity contribution in [1.82, 2.24) is 10.3 Å². The van der Waals surface area contributed by atoms with Crippen LogP contribution in [0.4, 0.5) is 5.69 Å². The highest BCUT2D eigenvalue weighted by Crippen LogP contribution is 2.04. The first kappa shape index (κ1) is 9.20. The van der Waals surface area contributed by atoms with Gasteiger partial charge in [-0.05, 0) is 13.0 Å². The Morgan fingerprint density at radius 2 is 2.54 bits per heavy atom. The SMILES string of the molecule is C#CC(C)NC(=O)c1cc(N)c[nH]1. The molecule has 0 aliphatic carbocycles. The van der Waals surface area contributed by atoms with Crippen LogP contribution in [0, 0.1) is 12.3 Å². The minimum atomic E-state index is -0.281. The van der Waals surface area contributed by atoms with E-state index in [1.807, 2.05) is 0 Å². The van der Waals surface area contributed by atoms with Crippen LogP contribution in [-0.2, 0) is 0 Å². The fraction of sp³-hybridized carbons (Fsp3) is 0.222. The standard InChI is InChI=1S/C9H11N3O/c1-3-6(2)12-9(13)8-4-7(10)5-11-8/h1,4-6,11H,10H2,2H3,(H,12,13). The molecule has 13 heavy (non-hydrogen) atoms. The molecule has 0 aliphatic rings. The number of hydrogen-bond donors (Lipinski definition) is 3. The highest BCUT2D eigenvalue weighted by atomic mass is 16.1. The number of nitrogen functional groups attached to an aromatic ring is 1. The number of nitrogens with one attached hydrogen (secondary N) is 2. The number of carbonyl (C=O) groups excluding carboxylic acids is 1. The molecule has 0 aliphatic heterocycles. The van der Waals surface area contributed by atoms with Crippen molar-refractivity contribution in [3.63, 3.8) is 0 Å². The topological polar surface area (TPSA) is 70.9 Å². The zero-order valence-corrected chi connectivity index (χ0v) is 7.29. The van der Waals surface area contributed by atoms with Crippen LogP contribution in [-0.4, -0.2) is 16.9 Å². The predicted octanol–water partition coefficient (Wildman–Crippen LogP) is 0.348. The van der Waals surface area contributed by atoms with Gasteiger partial charge in [-0.3, -0.25) is 4.79 Å². The molecule has 68 valence electrons. The molecule has 0 radical (unpaired) electrons. The van der Waals surface area contributed by atoms with Gasteiger partial charge in [-0.25, -0.2) is 0 Å². The molecule has 4 N–H and O–H groups in total. The van der Waals surface area contributed by atoms with Gasteiger partial charge in [-0.1, -0.05) is 5.92 Å². The van der Waals surface area contributed by atoms with Gasteiger partial charge < -0.3 is 16.0 Å². The van der Waals surface area contributed by atoms with Crippen LogP contribution in [0.3, 0.4) is 0 Å². The minimum absolute atomic E-state index is 0.248. The van der Waals surface area contributed by atoms with Crippen molar-refractivity contribution >= 4 is 11.6 Å². The molecule has 0 spiro atoms. The van der Waals surface area contributed by atoms with Crippen molar-refractivity contribution < 1.29 is 4.79 Å². The largest absolute Gasteiger partial charge is 0.397 e. The highest BCUT2D eigenvalue weighted by Gasteiger charge is 2.08. The Morgan fingerprint density at radius 3 is 3.00 bits per heavy atom. The second-order valence-corrected chi connectivity index (χ2v) is 2.71. The van der Waals surface area contributed by atoms with Crippen molar-refractivity contribution in [2.24, 2.45) is 0 Å². The predicted molar refractivity (Wildman–Crippen MR) is 51.0 cm³/mol. The Labute approximate surface area is 76.5 Å². The van der Waals surface area contributed by atoms with E-state index in [-0.39, 0.29) is 11.9 Å². The van der Waals surface area contributed by atoms with Gasteiger partial charge in [-0.15, -0.1) is 6.42 Å². The maximum Gasteiger partial charge on any atom is 0.268 e. The summed E-state index contributed by atoms with van der Waals surface area (Å²) >= 11 is 0. The fourth-order valence-electron chi connectivity index (χ4n) is 0.858. The lowest BCUT2D eigenvalue weighted by Crippen LogP contribution is -2.31. The Hall–Kier alpha value is -1.89. The smallest absolute Gasteiger partial charge is 0.268 e. The third-order valence-corrected chi connectivity index (χ3v) is 1.55. The quantitative estimate of drug-likeness (QED) is 0.570. The molecular formula is C9H11N3O. The Morgan fingerprint density at radius 1 is 1.85 bits per heavy atom. The number of carbonyl (C=O) groups is 1. The normalized spacial score (nSPS) is 11.7. The van der Waals surface area contributed by atoms with Crippen LogP contribution >= 0.6 is 0 Å². The molecule has 0 saturated carbocycles. The summed E-state index contributed by atoms with van der Waals surface area (Å²) in [6.07, 6.45) is 6.66. The molecule has 1 rings (SSSR count). The first-order chi connectivity index (χ1) is 6.13. The lowest BCUT2D eigenvalue weighted by molar-refractivity contribution is 0.0944. The van der Waals surface area contributed by atoms with Gasteiger partial charge in [0.15, 0.2) is 0 Å². The molecular weight excluding hydrogens is 166 g/mol. The van der Waals surface area contributed by atoms with Crippen molar-refractivity contribution in [2.75, 3.05) is 5.73 Å². The van der Waals surface area contributed by atoms with Crippen molar-refractivity contribution in [3.8, 4) is 12.3 Å². The second-order valence-electron chi connectivity index (χ2n) is 2.71. The number of aromatic nitrogens is 1. The Kier molecular flexibility index (Phi) is 2.60. The molecule has 4 heteroatoms. The number of hydrogen-bond acceptors (Lipinski definition) is 2. The second kappa shape index (κ2) is 3.68. The molecule has 0 saturated heterocycles.